The van der Waals surface area contributed by atoms with Crippen LogP contribution in [0.1, 0.15) is 16.7 Å². The molecule has 0 aliphatic heterocycles. The van der Waals surface area contributed by atoms with Gasteiger partial charge >= 0.3 is 0 Å². The fourth-order valence-electron chi connectivity index (χ4n) is 1.59. The first-order valence-electron chi connectivity index (χ1n) is 5.73. The van der Waals surface area contributed by atoms with Crippen molar-refractivity contribution in [1.29, 1.82) is 5.41 Å². The molecular formula is C14H14ClN3S. The Kier molecular flexibility index (Phi) is 4.12. The minimum atomic E-state index is -0.0469. The summed E-state index contributed by atoms with van der Waals surface area (Å²) in [6.45, 7) is 4.14. The SMILES string of the molecule is Cc1ccc(Sc2nccc(C(=N)N)c2Cl)cc1C. The molecule has 2 rings (SSSR count). The zero-order valence-corrected chi connectivity index (χ0v) is 12.3. The molecule has 98 valence electrons. The van der Waals surface area contributed by atoms with Crippen molar-refractivity contribution in [2.75, 3.05) is 0 Å². The number of nitrogens with two attached hydrogens (primary N) is 1. The fourth-order valence-corrected chi connectivity index (χ4v) is 2.83. The lowest BCUT2D eigenvalue weighted by atomic mass is 10.1. The highest BCUT2D eigenvalue weighted by Gasteiger charge is 2.11. The summed E-state index contributed by atoms with van der Waals surface area (Å²) in [4.78, 5) is 5.32. The number of nitrogen functional groups attached to an aromatic ring is 1. The van der Waals surface area contributed by atoms with Gasteiger partial charge in [-0.25, -0.2) is 4.98 Å². The summed E-state index contributed by atoms with van der Waals surface area (Å²) < 4.78 is 0. The molecule has 1 aromatic heterocycles. The third kappa shape index (κ3) is 3.08. The summed E-state index contributed by atoms with van der Waals surface area (Å²) in [5.74, 6) is -0.0469. The number of nitrogens with zero attached hydrogens (tertiary/aromatic N) is 1. The Morgan fingerprint density at radius 3 is 2.63 bits per heavy atom. The van der Waals surface area contributed by atoms with Crippen LogP contribution in [0.15, 0.2) is 40.4 Å². The maximum Gasteiger partial charge on any atom is 0.124 e. The van der Waals surface area contributed by atoms with E-state index in [2.05, 4.69) is 31.0 Å². The lowest BCUT2D eigenvalue weighted by Crippen LogP contribution is -2.12. The average Bonchev–Trinajstić information content (AvgIpc) is 2.36. The molecule has 5 heteroatoms. The van der Waals surface area contributed by atoms with Gasteiger partial charge in [0.05, 0.1) is 5.02 Å². The summed E-state index contributed by atoms with van der Waals surface area (Å²) in [6, 6.07) is 7.85. The summed E-state index contributed by atoms with van der Waals surface area (Å²) >= 11 is 7.69. The molecule has 19 heavy (non-hydrogen) atoms. The van der Waals surface area contributed by atoms with Gasteiger partial charge in [0.15, 0.2) is 0 Å². The van der Waals surface area contributed by atoms with E-state index in [9.17, 15) is 0 Å². The molecule has 0 unspecified atom stereocenters. The number of pyridine rings is 1. The van der Waals surface area contributed by atoms with E-state index in [0.717, 1.165) is 4.90 Å². The fraction of sp³-hybridized carbons (Fsp3) is 0.143. The number of hydrogen-bond acceptors (Lipinski definition) is 3. The normalized spacial score (nSPS) is 10.5. The second-order valence-corrected chi connectivity index (χ2v) is 5.68. The molecule has 0 fully saturated rings. The molecular weight excluding hydrogens is 278 g/mol. The highest BCUT2D eigenvalue weighted by atomic mass is 35.5. The van der Waals surface area contributed by atoms with Crippen molar-refractivity contribution in [1.82, 2.24) is 4.98 Å². The van der Waals surface area contributed by atoms with E-state index in [-0.39, 0.29) is 5.84 Å². The van der Waals surface area contributed by atoms with Gasteiger partial charge in [0.2, 0.25) is 0 Å². The van der Waals surface area contributed by atoms with Crippen molar-refractivity contribution in [3.8, 4) is 0 Å². The molecule has 0 atom stereocenters. The highest BCUT2D eigenvalue weighted by Crippen LogP contribution is 2.33. The van der Waals surface area contributed by atoms with Crippen molar-refractivity contribution in [2.45, 2.75) is 23.8 Å². The molecule has 2 aromatic rings. The van der Waals surface area contributed by atoms with E-state index in [4.69, 9.17) is 22.7 Å². The topological polar surface area (TPSA) is 62.8 Å². The lowest BCUT2D eigenvalue weighted by Gasteiger charge is -2.08. The highest BCUT2D eigenvalue weighted by molar-refractivity contribution is 7.99. The van der Waals surface area contributed by atoms with E-state index in [1.165, 1.54) is 22.9 Å². The Labute approximate surface area is 121 Å². The van der Waals surface area contributed by atoms with Gasteiger partial charge in [-0.3, -0.25) is 5.41 Å². The Bertz CT molecular complexity index is 641. The van der Waals surface area contributed by atoms with Gasteiger partial charge in [-0.15, -0.1) is 0 Å². The Morgan fingerprint density at radius 2 is 2.00 bits per heavy atom. The number of aromatic nitrogens is 1. The van der Waals surface area contributed by atoms with E-state index in [1.54, 1.807) is 12.3 Å². The van der Waals surface area contributed by atoms with Crippen LogP contribution >= 0.6 is 23.4 Å². The molecule has 0 aliphatic carbocycles. The van der Waals surface area contributed by atoms with E-state index < -0.39 is 0 Å². The monoisotopic (exact) mass is 291 g/mol. The third-order valence-corrected chi connectivity index (χ3v) is 4.33. The zero-order valence-electron chi connectivity index (χ0n) is 10.7. The van der Waals surface area contributed by atoms with E-state index in [0.29, 0.717) is 15.6 Å². The molecule has 0 bridgehead atoms. The third-order valence-electron chi connectivity index (χ3n) is 2.84. The van der Waals surface area contributed by atoms with Crippen LogP contribution in [-0.4, -0.2) is 10.8 Å². The first-order chi connectivity index (χ1) is 8.99. The van der Waals surface area contributed by atoms with Crippen LogP contribution in [0.2, 0.25) is 5.02 Å². The first-order valence-corrected chi connectivity index (χ1v) is 6.92. The van der Waals surface area contributed by atoms with Crippen LogP contribution in [-0.2, 0) is 0 Å². The van der Waals surface area contributed by atoms with Crippen molar-refractivity contribution < 1.29 is 0 Å². The number of aryl methyl sites for hydroxylation is 2. The molecule has 0 amide bonds. The molecule has 1 aromatic carbocycles. The second-order valence-electron chi connectivity index (χ2n) is 4.24. The summed E-state index contributed by atoms with van der Waals surface area (Å²) in [6.07, 6.45) is 1.62. The summed E-state index contributed by atoms with van der Waals surface area (Å²) in [5, 5.41) is 8.56. The summed E-state index contributed by atoms with van der Waals surface area (Å²) in [5.41, 5.74) is 8.48. The zero-order chi connectivity index (χ0) is 14.0. The number of nitrogens with one attached hydrogen (secondary N) is 1. The van der Waals surface area contributed by atoms with Gasteiger partial charge in [0, 0.05) is 16.7 Å². The van der Waals surface area contributed by atoms with E-state index in [1.807, 2.05) is 6.07 Å². The minimum absolute atomic E-state index is 0.0469. The molecule has 0 saturated carbocycles. The maximum atomic E-state index is 7.47. The van der Waals surface area contributed by atoms with Crippen molar-refractivity contribution in [2.24, 2.45) is 5.73 Å². The number of halogens is 1. The van der Waals surface area contributed by atoms with Gasteiger partial charge < -0.3 is 5.73 Å². The Morgan fingerprint density at radius 1 is 1.26 bits per heavy atom. The predicted octanol–water partition coefficient (Wildman–Crippen LogP) is 3.79. The van der Waals surface area contributed by atoms with Gasteiger partial charge in [-0.05, 0) is 43.2 Å². The molecule has 0 aliphatic rings. The van der Waals surface area contributed by atoms with Crippen molar-refractivity contribution in [3.05, 3.63) is 52.2 Å². The van der Waals surface area contributed by atoms with Crippen molar-refractivity contribution >= 4 is 29.2 Å². The standard InChI is InChI=1S/C14H14ClN3S/c1-8-3-4-10(7-9(8)2)19-14-12(15)11(13(16)17)5-6-18-14/h3-7H,1-2H3,(H3,16,17). The van der Waals surface area contributed by atoms with Crippen LogP contribution in [0.4, 0.5) is 0 Å². The van der Waals surface area contributed by atoms with Crippen LogP contribution in [0.5, 0.6) is 0 Å². The molecule has 3 nitrogen and oxygen atoms in total. The van der Waals surface area contributed by atoms with Crippen LogP contribution in [0.25, 0.3) is 0 Å². The summed E-state index contributed by atoms with van der Waals surface area (Å²) in [7, 11) is 0. The Balaban J connectivity index is 2.35. The van der Waals surface area contributed by atoms with Gasteiger partial charge in [-0.2, -0.15) is 0 Å². The predicted molar refractivity (Wildman–Crippen MR) is 80.3 cm³/mol. The second kappa shape index (κ2) is 5.63. The molecule has 0 radical (unpaired) electrons. The number of amidine groups is 1. The van der Waals surface area contributed by atoms with Crippen LogP contribution in [0, 0.1) is 19.3 Å². The molecule has 0 spiro atoms. The van der Waals surface area contributed by atoms with Crippen molar-refractivity contribution in [3.63, 3.8) is 0 Å². The van der Waals surface area contributed by atoms with Gasteiger partial charge in [-0.1, -0.05) is 29.4 Å². The maximum absolute atomic E-state index is 7.47. The number of hydrogen-bond donors (Lipinski definition) is 2. The van der Waals surface area contributed by atoms with Crippen LogP contribution in [0.3, 0.4) is 0 Å². The van der Waals surface area contributed by atoms with Crippen LogP contribution < -0.4 is 5.73 Å². The van der Waals surface area contributed by atoms with Gasteiger partial charge in [0.25, 0.3) is 0 Å². The van der Waals surface area contributed by atoms with E-state index >= 15 is 0 Å². The quantitative estimate of drug-likeness (QED) is 0.668. The molecule has 3 N–H and O–H groups in total. The first kappa shape index (κ1) is 13.9. The minimum Gasteiger partial charge on any atom is -0.384 e. The number of benzene rings is 1. The average molecular weight is 292 g/mol. The largest absolute Gasteiger partial charge is 0.384 e. The lowest BCUT2D eigenvalue weighted by molar-refractivity contribution is 1.12. The van der Waals surface area contributed by atoms with Gasteiger partial charge in [0.1, 0.15) is 10.9 Å². The smallest absolute Gasteiger partial charge is 0.124 e. The molecule has 0 saturated heterocycles. The molecule has 1 heterocycles. The Hall–Kier alpha value is -1.52. The number of rotatable bonds is 3.